The standard InChI is InChI=1S/C12H15NO/c14-9-3-7-11-5-1-4-10-6-2-8-13-12(10)11/h2,6,8-9,11H,1,3-5,7H2. The van der Waals surface area contributed by atoms with Crippen molar-refractivity contribution in [1.82, 2.24) is 4.98 Å². The van der Waals surface area contributed by atoms with Crippen molar-refractivity contribution in [3.8, 4) is 0 Å². The maximum absolute atomic E-state index is 10.3. The number of aromatic nitrogens is 1. The van der Waals surface area contributed by atoms with Gasteiger partial charge in [-0.3, -0.25) is 4.98 Å². The molecule has 2 rings (SSSR count). The molecular formula is C12H15NO. The first-order valence-corrected chi connectivity index (χ1v) is 5.29. The van der Waals surface area contributed by atoms with E-state index in [0.717, 1.165) is 19.1 Å². The Morgan fingerprint density at radius 3 is 3.36 bits per heavy atom. The first-order valence-electron chi connectivity index (χ1n) is 5.29. The lowest BCUT2D eigenvalue weighted by atomic mass is 9.84. The monoisotopic (exact) mass is 189 g/mol. The van der Waals surface area contributed by atoms with Crippen LogP contribution in [0.2, 0.25) is 0 Å². The van der Waals surface area contributed by atoms with Crippen molar-refractivity contribution < 1.29 is 4.79 Å². The zero-order valence-corrected chi connectivity index (χ0v) is 8.28. The molecule has 2 heteroatoms. The third-order valence-corrected chi connectivity index (χ3v) is 2.94. The molecule has 0 bridgehead atoms. The average molecular weight is 189 g/mol. The van der Waals surface area contributed by atoms with Gasteiger partial charge in [-0.15, -0.1) is 0 Å². The van der Waals surface area contributed by atoms with E-state index in [1.807, 2.05) is 12.3 Å². The van der Waals surface area contributed by atoms with Crippen molar-refractivity contribution in [3.63, 3.8) is 0 Å². The molecule has 0 amide bonds. The van der Waals surface area contributed by atoms with Gasteiger partial charge in [0.2, 0.25) is 0 Å². The number of hydrogen-bond acceptors (Lipinski definition) is 2. The molecule has 1 aliphatic rings. The molecule has 1 heterocycles. The van der Waals surface area contributed by atoms with Crippen molar-refractivity contribution in [2.24, 2.45) is 0 Å². The number of carbonyl (C=O) groups is 1. The van der Waals surface area contributed by atoms with E-state index in [1.54, 1.807) is 0 Å². The maximum atomic E-state index is 10.3. The molecule has 0 saturated carbocycles. The van der Waals surface area contributed by atoms with Crippen LogP contribution in [-0.4, -0.2) is 11.3 Å². The van der Waals surface area contributed by atoms with Crippen LogP contribution >= 0.6 is 0 Å². The molecule has 0 N–H and O–H groups in total. The van der Waals surface area contributed by atoms with Gasteiger partial charge in [-0.05, 0) is 37.3 Å². The molecular weight excluding hydrogens is 174 g/mol. The van der Waals surface area contributed by atoms with Gasteiger partial charge in [0.15, 0.2) is 0 Å². The number of aryl methyl sites for hydroxylation is 1. The van der Waals surface area contributed by atoms with E-state index in [4.69, 9.17) is 0 Å². The largest absolute Gasteiger partial charge is 0.303 e. The van der Waals surface area contributed by atoms with E-state index < -0.39 is 0 Å². The number of pyridine rings is 1. The lowest BCUT2D eigenvalue weighted by molar-refractivity contribution is -0.108. The minimum absolute atomic E-state index is 0.519. The van der Waals surface area contributed by atoms with Crippen LogP contribution in [0.1, 0.15) is 42.9 Å². The summed E-state index contributed by atoms with van der Waals surface area (Å²) >= 11 is 0. The van der Waals surface area contributed by atoms with Crippen LogP contribution in [0.3, 0.4) is 0 Å². The van der Waals surface area contributed by atoms with Crippen LogP contribution in [0.25, 0.3) is 0 Å². The second-order valence-electron chi connectivity index (χ2n) is 3.88. The molecule has 1 aromatic rings. The predicted molar refractivity (Wildman–Crippen MR) is 55.2 cm³/mol. The summed E-state index contributed by atoms with van der Waals surface area (Å²) in [4.78, 5) is 14.8. The minimum atomic E-state index is 0.519. The Bertz CT molecular complexity index is 322. The average Bonchev–Trinajstić information content (AvgIpc) is 2.26. The number of carbonyl (C=O) groups excluding carboxylic acids is 1. The van der Waals surface area contributed by atoms with E-state index in [2.05, 4.69) is 11.1 Å². The molecule has 1 aliphatic carbocycles. The Labute approximate surface area is 84.4 Å². The van der Waals surface area contributed by atoms with Gasteiger partial charge in [-0.2, -0.15) is 0 Å². The second kappa shape index (κ2) is 4.36. The highest BCUT2D eigenvalue weighted by atomic mass is 16.1. The van der Waals surface area contributed by atoms with E-state index in [1.165, 1.54) is 24.1 Å². The van der Waals surface area contributed by atoms with E-state index >= 15 is 0 Å². The van der Waals surface area contributed by atoms with E-state index in [0.29, 0.717) is 12.3 Å². The van der Waals surface area contributed by atoms with Crippen LogP contribution in [0.15, 0.2) is 18.3 Å². The van der Waals surface area contributed by atoms with Gasteiger partial charge in [0, 0.05) is 24.2 Å². The van der Waals surface area contributed by atoms with Gasteiger partial charge in [0.1, 0.15) is 6.29 Å². The summed E-state index contributed by atoms with van der Waals surface area (Å²) in [7, 11) is 0. The van der Waals surface area contributed by atoms with Gasteiger partial charge < -0.3 is 4.79 Å². The highest BCUT2D eigenvalue weighted by Crippen LogP contribution is 2.32. The number of nitrogens with zero attached hydrogens (tertiary/aromatic N) is 1. The lowest BCUT2D eigenvalue weighted by Gasteiger charge is -2.23. The second-order valence-corrected chi connectivity index (χ2v) is 3.88. The summed E-state index contributed by atoms with van der Waals surface area (Å²) < 4.78 is 0. The summed E-state index contributed by atoms with van der Waals surface area (Å²) in [6, 6.07) is 4.16. The van der Waals surface area contributed by atoms with Crippen molar-refractivity contribution in [2.45, 2.75) is 38.0 Å². The van der Waals surface area contributed by atoms with E-state index in [9.17, 15) is 4.79 Å². The molecule has 0 spiro atoms. The Morgan fingerprint density at radius 2 is 2.50 bits per heavy atom. The summed E-state index contributed by atoms with van der Waals surface area (Å²) in [6.45, 7) is 0. The molecule has 74 valence electrons. The third kappa shape index (κ3) is 1.84. The topological polar surface area (TPSA) is 30.0 Å². The van der Waals surface area contributed by atoms with Crippen molar-refractivity contribution in [3.05, 3.63) is 29.6 Å². The molecule has 0 aromatic carbocycles. The Morgan fingerprint density at radius 1 is 1.57 bits per heavy atom. The Hall–Kier alpha value is -1.18. The normalized spacial score (nSPS) is 20.1. The highest BCUT2D eigenvalue weighted by molar-refractivity contribution is 5.49. The van der Waals surface area contributed by atoms with E-state index in [-0.39, 0.29) is 0 Å². The van der Waals surface area contributed by atoms with Crippen molar-refractivity contribution >= 4 is 6.29 Å². The molecule has 1 atom stereocenters. The fourth-order valence-electron chi connectivity index (χ4n) is 2.26. The fourth-order valence-corrected chi connectivity index (χ4v) is 2.26. The molecule has 1 aromatic heterocycles. The van der Waals surface area contributed by atoms with Crippen LogP contribution in [0.5, 0.6) is 0 Å². The van der Waals surface area contributed by atoms with Crippen LogP contribution < -0.4 is 0 Å². The summed E-state index contributed by atoms with van der Waals surface area (Å²) in [6.07, 6.45) is 8.09. The SMILES string of the molecule is O=CCCC1CCCc2cccnc21. The van der Waals surface area contributed by atoms with Crippen LogP contribution in [-0.2, 0) is 11.2 Å². The molecule has 1 unspecified atom stereocenters. The minimum Gasteiger partial charge on any atom is -0.303 e. The molecule has 0 fully saturated rings. The summed E-state index contributed by atoms with van der Waals surface area (Å²) in [5.41, 5.74) is 2.62. The Kier molecular flexibility index (Phi) is 2.92. The molecule has 0 radical (unpaired) electrons. The first-order chi connectivity index (χ1) is 6.92. The highest BCUT2D eigenvalue weighted by Gasteiger charge is 2.20. The van der Waals surface area contributed by atoms with Crippen LogP contribution in [0, 0.1) is 0 Å². The van der Waals surface area contributed by atoms with Gasteiger partial charge in [-0.1, -0.05) is 6.07 Å². The first kappa shape index (κ1) is 9.38. The number of hydrogen-bond donors (Lipinski definition) is 0. The molecule has 2 nitrogen and oxygen atoms in total. The van der Waals surface area contributed by atoms with Gasteiger partial charge in [0.25, 0.3) is 0 Å². The zero-order valence-electron chi connectivity index (χ0n) is 8.28. The number of rotatable bonds is 3. The third-order valence-electron chi connectivity index (χ3n) is 2.94. The summed E-state index contributed by atoms with van der Waals surface area (Å²) in [5, 5.41) is 0. The van der Waals surface area contributed by atoms with Gasteiger partial charge in [-0.25, -0.2) is 0 Å². The van der Waals surface area contributed by atoms with Crippen LogP contribution in [0.4, 0.5) is 0 Å². The zero-order chi connectivity index (χ0) is 9.80. The molecule has 0 aliphatic heterocycles. The van der Waals surface area contributed by atoms with Crippen molar-refractivity contribution in [2.75, 3.05) is 0 Å². The lowest BCUT2D eigenvalue weighted by Crippen LogP contribution is -2.11. The molecule has 0 saturated heterocycles. The number of fused-ring (bicyclic) bond motifs is 1. The maximum Gasteiger partial charge on any atom is 0.120 e. The Balaban J connectivity index is 2.17. The van der Waals surface area contributed by atoms with Gasteiger partial charge >= 0.3 is 0 Å². The summed E-state index contributed by atoms with van der Waals surface area (Å²) in [5.74, 6) is 0.519. The quantitative estimate of drug-likeness (QED) is 0.684. The fraction of sp³-hybridized carbons (Fsp3) is 0.500. The number of aldehydes is 1. The smallest absolute Gasteiger partial charge is 0.120 e. The van der Waals surface area contributed by atoms with Crippen molar-refractivity contribution in [1.29, 1.82) is 0 Å². The predicted octanol–water partition coefficient (Wildman–Crippen LogP) is 2.48. The van der Waals surface area contributed by atoms with Gasteiger partial charge in [0.05, 0.1) is 0 Å². The molecule has 14 heavy (non-hydrogen) atoms.